The van der Waals surface area contributed by atoms with Gasteiger partial charge < -0.3 is 0 Å². The van der Waals surface area contributed by atoms with Gasteiger partial charge in [-0.2, -0.15) is 0 Å². The van der Waals surface area contributed by atoms with Crippen molar-refractivity contribution in [1.29, 1.82) is 0 Å². The maximum Gasteiger partial charge on any atom is 0.0792 e. The minimum absolute atomic E-state index is 1.04. The van der Waals surface area contributed by atoms with Crippen LogP contribution in [0.15, 0.2) is 140 Å². The van der Waals surface area contributed by atoms with Gasteiger partial charge in [0.15, 0.2) is 0 Å². The van der Waals surface area contributed by atoms with Gasteiger partial charge in [0.1, 0.15) is 0 Å². The van der Waals surface area contributed by atoms with Crippen molar-refractivity contribution in [2.24, 2.45) is 0 Å². The highest BCUT2D eigenvalue weighted by Crippen LogP contribution is 2.46. The summed E-state index contributed by atoms with van der Waals surface area (Å²) in [5, 5.41) is 11.2. The van der Waals surface area contributed by atoms with Gasteiger partial charge >= 0.3 is 0 Å². The Hall–Kier alpha value is -5.01. The summed E-state index contributed by atoms with van der Waals surface area (Å²) >= 11 is 0. The fourth-order valence-electron chi connectivity index (χ4n) is 6.19. The minimum atomic E-state index is 1.04. The second kappa shape index (κ2) is 8.26. The lowest BCUT2D eigenvalue weighted by Crippen LogP contribution is -1.93. The maximum atomic E-state index is 5.02. The summed E-state index contributed by atoms with van der Waals surface area (Å²) in [6.45, 7) is 0. The van der Waals surface area contributed by atoms with Gasteiger partial charge in [0.2, 0.25) is 0 Å². The Labute approximate surface area is 220 Å². The molecule has 0 spiro atoms. The Morgan fingerprint density at radius 3 is 1.79 bits per heavy atom. The first-order valence-electron chi connectivity index (χ1n) is 13.1. The monoisotopic (exact) mass is 481 g/mol. The van der Waals surface area contributed by atoms with E-state index in [9.17, 15) is 0 Å². The van der Waals surface area contributed by atoms with Crippen LogP contribution in [0, 0.1) is 0 Å². The Balaban J connectivity index is 1.55. The molecular formula is C37H23N. The molecule has 1 heteroatoms. The van der Waals surface area contributed by atoms with Gasteiger partial charge in [0.05, 0.1) is 5.52 Å². The van der Waals surface area contributed by atoms with Crippen LogP contribution in [0.4, 0.5) is 0 Å². The fraction of sp³-hybridized carbons (Fsp3) is 0. The molecule has 0 N–H and O–H groups in total. The Bertz CT molecular complexity index is 2130. The molecule has 0 unspecified atom stereocenters. The third kappa shape index (κ3) is 3.09. The van der Waals surface area contributed by atoms with E-state index in [4.69, 9.17) is 4.98 Å². The summed E-state index contributed by atoms with van der Waals surface area (Å²) < 4.78 is 0. The van der Waals surface area contributed by atoms with Crippen LogP contribution in [-0.2, 0) is 0 Å². The predicted molar refractivity (Wildman–Crippen MR) is 163 cm³/mol. The summed E-state index contributed by atoms with van der Waals surface area (Å²) in [6.07, 6.45) is 1.92. The molecule has 0 fully saturated rings. The van der Waals surface area contributed by atoms with Crippen LogP contribution >= 0.6 is 0 Å². The Morgan fingerprint density at radius 1 is 0.368 bits per heavy atom. The highest BCUT2D eigenvalue weighted by molar-refractivity contribution is 6.25. The summed E-state index contributed by atoms with van der Waals surface area (Å²) in [6, 6.07) is 48.3. The van der Waals surface area contributed by atoms with Gasteiger partial charge in [0.25, 0.3) is 0 Å². The van der Waals surface area contributed by atoms with E-state index in [-0.39, 0.29) is 0 Å². The van der Waals surface area contributed by atoms with Crippen LogP contribution in [-0.4, -0.2) is 4.98 Å². The van der Waals surface area contributed by atoms with E-state index in [0.717, 1.165) is 5.52 Å². The smallest absolute Gasteiger partial charge is 0.0792 e. The third-order valence-electron chi connectivity index (χ3n) is 7.86. The van der Waals surface area contributed by atoms with Gasteiger partial charge in [-0.15, -0.1) is 0 Å². The number of pyridine rings is 1. The number of hydrogen-bond donors (Lipinski definition) is 0. The molecule has 0 aliphatic carbocycles. The molecule has 0 aliphatic rings. The van der Waals surface area contributed by atoms with Gasteiger partial charge in [-0.3, -0.25) is 4.98 Å². The molecule has 0 saturated heterocycles. The second-order valence-corrected chi connectivity index (χ2v) is 9.95. The Kier molecular flexibility index (Phi) is 4.59. The van der Waals surface area contributed by atoms with E-state index in [1.54, 1.807) is 0 Å². The molecule has 0 aliphatic heterocycles. The average Bonchev–Trinajstić information content (AvgIpc) is 2.99. The van der Waals surface area contributed by atoms with Crippen LogP contribution in [0.25, 0.3) is 76.2 Å². The number of aromatic nitrogens is 1. The number of hydrogen-bond acceptors (Lipinski definition) is 1. The molecule has 8 aromatic rings. The molecule has 0 amide bonds. The predicted octanol–water partition coefficient (Wildman–Crippen LogP) is 10.2. The van der Waals surface area contributed by atoms with Crippen LogP contribution in [0.3, 0.4) is 0 Å². The fourth-order valence-corrected chi connectivity index (χ4v) is 6.19. The summed E-state index contributed by atoms with van der Waals surface area (Å²) in [5.41, 5.74) is 5.91. The van der Waals surface area contributed by atoms with Crippen molar-refractivity contribution in [3.8, 4) is 22.3 Å². The molecule has 8 rings (SSSR count). The molecule has 1 aromatic heterocycles. The minimum Gasteiger partial charge on any atom is -0.256 e. The highest BCUT2D eigenvalue weighted by atomic mass is 14.7. The van der Waals surface area contributed by atoms with E-state index in [0.29, 0.717) is 0 Å². The number of rotatable bonds is 2. The second-order valence-electron chi connectivity index (χ2n) is 9.95. The first kappa shape index (κ1) is 21.1. The first-order valence-corrected chi connectivity index (χ1v) is 13.1. The van der Waals surface area contributed by atoms with Crippen molar-refractivity contribution in [3.63, 3.8) is 0 Å². The van der Waals surface area contributed by atoms with Crippen LogP contribution < -0.4 is 0 Å². The van der Waals surface area contributed by atoms with Crippen molar-refractivity contribution >= 4 is 54.0 Å². The lowest BCUT2D eigenvalue weighted by molar-refractivity contribution is 1.42. The van der Waals surface area contributed by atoms with Crippen LogP contribution in [0.5, 0.6) is 0 Å². The molecule has 0 saturated carbocycles. The first-order chi connectivity index (χ1) is 18.9. The maximum absolute atomic E-state index is 5.02. The number of fused-ring (bicyclic) bond motifs is 6. The number of benzene rings is 7. The lowest BCUT2D eigenvalue weighted by atomic mass is 9.85. The molecule has 38 heavy (non-hydrogen) atoms. The van der Waals surface area contributed by atoms with Crippen molar-refractivity contribution < 1.29 is 0 Å². The SMILES string of the molecule is c1ccc2cc(-c3c4ccccc4c(-c4cc5ccccc5c5ccccc45)c4cccnc34)ccc2c1. The van der Waals surface area contributed by atoms with Crippen molar-refractivity contribution in [2.75, 3.05) is 0 Å². The zero-order chi connectivity index (χ0) is 25.1. The topological polar surface area (TPSA) is 12.9 Å². The summed E-state index contributed by atoms with van der Waals surface area (Å²) in [5.74, 6) is 0. The van der Waals surface area contributed by atoms with E-state index < -0.39 is 0 Å². The molecular weight excluding hydrogens is 458 g/mol. The lowest BCUT2D eigenvalue weighted by Gasteiger charge is -2.19. The van der Waals surface area contributed by atoms with E-state index in [1.165, 1.54) is 70.7 Å². The molecule has 0 radical (unpaired) electrons. The zero-order valence-corrected chi connectivity index (χ0v) is 20.7. The third-order valence-corrected chi connectivity index (χ3v) is 7.86. The molecule has 1 nitrogen and oxygen atoms in total. The Morgan fingerprint density at radius 2 is 0.974 bits per heavy atom. The molecule has 176 valence electrons. The normalized spacial score (nSPS) is 11.7. The molecule has 1 heterocycles. The molecule has 0 atom stereocenters. The van der Waals surface area contributed by atoms with Crippen molar-refractivity contribution in [1.82, 2.24) is 4.98 Å². The van der Waals surface area contributed by atoms with Gasteiger partial charge in [-0.25, -0.2) is 0 Å². The summed E-state index contributed by atoms with van der Waals surface area (Å²) in [4.78, 5) is 5.02. The van der Waals surface area contributed by atoms with E-state index in [2.05, 4.69) is 133 Å². The molecule has 0 bridgehead atoms. The highest BCUT2D eigenvalue weighted by Gasteiger charge is 2.19. The van der Waals surface area contributed by atoms with Gasteiger partial charge in [0, 0.05) is 17.1 Å². The molecule has 7 aromatic carbocycles. The average molecular weight is 482 g/mol. The van der Waals surface area contributed by atoms with Gasteiger partial charge in [-0.05, 0) is 78.0 Å². The van der Waals surface area contributed by atoms with E-state index in [1.807, 2.05) is 6.20 Å². The summed E-state index contributed by atoms with van der Waals surface area (Å²) in [7, 11) is 0. The number of nitrogens with zero attached hydrogens (tertiary/aromatic N) is 1. The van der Waals surface area contributed by atoms with Gasteiger partial charge in [-0.1, -0.05) is 115 Å². The zero-order valence-electron chi connectivity index (χ0n) is 20.7. The van der Waals surface area contributed by atoms with Crippen molar-refractivity contribution in [2.45, 2.75) is 0 Å². The van der Waals surface area contributed by atoms with Crippen LogP contribution in [0.1, 0.15) is 0 Å². The quantitative estimate of drug-likeness (QED) is 0.177. The van der Waals surface area contributed by atoms with E-state index >= 15 is 0 Å². The van der Waals surface area contributed by atoms with Crippen molar-refractivity contribution in [3.05, 3.63) is 140 Å². The van der Waals surface area contributed by atoms with Crippen LogP contribution in [0.2, 0.25) is 0 Å². The largest absolute Gasteiger partial charge is 0.256 e. The standard InChI is InChI=1S/C37H23N/c1-2-11-25-22-27(20-19-24(25)10-1)35-31-16-7-8-17-32(31)36(33-18-9-21-38-37(33)35)34-23-26-12-3-4-13-28(26)29-14-5-6-15-30(29)34/h1-23H.